The molecule has 1 unspecified atom stereocenters. The molecule has 0 heterocycles. The highest BCUT2D eigenvalue weighted by atomic mass is 35.5. The van der Waals surface area contributed by atoms with E-state index >= 15 is 0 Å². The molecule has 1 nitrogen and oxygen atoms in total. The van der Waals surface area contributed by atoms with E-state index in [9.17, 15) is 4.79 Å². The second-order valence-electron chi connectivity index (χ2n) is 5.52. The topological polar surface area (TPSA) is 17.1 Å². The summed E-state index contributed by atoms with van der Waals surface area (Å²) in [7, 11) is 0. The predicted molar refractivity (Wildman–Crippen MR) is 74.0 cm³/mol. The Morgan fingerprint density at radius 1 is 1.29 bits per heavy atom. The Hall–Kier alpha value is -0.530. The van der Waals surface area contributed by atoms with Crippen molar-refractivity contribution in [3.05, 3.63) is 33.8 Å². The van der Waals surface area contributed by atoms with Gasteiger partial charge in [0, 0.05) is 17.0 Å². The van der Waals surface area contributed by atoms with Gasteiger partial charge in [-0.25, -0.2) is 0 Å². The Morgan fingerprint density at radius 2 is 1.88 bits per heavy atom. The third kappa shape index (κ3) is 4.01. The third-order valence-electron chi connectivity index (χ3n) is 3.20. The lowest BCUT2D eigenvalue weighted by atomic mass is 9.78. The molecule has 0 bridgehead atoms. The summed E-state index contributed by atoms with van der Waals surface area (Å²) in [4.78, 5) is 12.1. The van der Waals surface area contributed by atoms with Crippen LogP contribution < -0.4 is 0 Å². The van der Waals surface area contributed by atoms with Gasteiger partial charge in [-0.2, -0.15) is 0 Å². The summed E-state index contributed by atoms with van der Waals surface area (Å²) >= 11 is 11.9. The fraction of sp³-hybridized carbons (Fsp3) is 0.500. The molecule has 0 spiro atoms. The molecule has 0 aliphatic carbocycles. The molecule has 0 radical (unpaired) electrons. The van der Waals surface area contributed by atoms with Crippen molar-refractivity contribution < 1.29 is 4.79 Å². The van der Waals surface area contributed by atoms with Crippen LogP contribution in [0.3, 0.4) is 0 Å². The predicted octanol–water partition coefficient (Wildman–Crippen LogP) is 5.25. The molecule has 0 amide bonds. The van der Waals surface area contributed by atoms with Gasteiger partial charge in [0.05, 0.1) is 5.02 Å². The molecule has 17 heavy (non-hydrogen) atoms. The molecule has 0 saturated carbocycles. The van der Waals surface area contributed by atoms with Gasteiger partial charge in [0.1, 0.15) is 0 Å². The Kier molecular flexibility index (Phi) is 4.62. The number of hydrogen-bond donors (Lipinski definition) is 0. The third-order valence-corrected chi connectivity index (χ3v) is 3.76. The number of Topliss-reactive ketones (excluding diaryl/α,β-unsaturated/α-hetero) is 1. The fourth-order valence-corrected chi connectivity index (χ4v) is 1.80. The minimum atomic E-state index is 0.0555. The lowest BCUT2D eigenvalue weighted by molar-refractivity contribution is 0.0927. The molecule has 0 aliphatic rings. The zero-order valence-electron chi connectivity index (χ0n) is 10.7. The molecular formula is C14H18Cl2O. The number of carbonyl (C=O) groups is 1. The maximum atomic E-state index is 12.1. The van der Waals surface area contributed by atoms with Crippen molar-refractivity contribution in [3.8, 4) is 0 Å². The van der Waals surface area contributed by atoms with E-state index in [0.29, 0.717) is 27.9 Å². The lowest BCUT2D eigenvalue weighted by Crippen LogP contribution is -2.20. The van der Waals surface area contributed by atoms with Crippen LogP contribution in [0.25, 0.3) is 0 Å². The molecule has 1 rings (SSSR count). The van der Waals surface area contributed by atoms with Gasteiger partial charge in [0.15, 0.2) is 5.78 Å². The van der Waals surface area contributed by atoms with Crippen LogP contribution in [-0.2, 0) is 0 Å². The monoisotopic (exact) mass is 272 g/mol. The first-order valence-electron chi connectivity index (χ1n) is 5.70. The smallest absolute Gasteiger partial charge is 0.164 e. The average Bonchev–Trinajstić information content (AvgIpc) is 2.20. The summed E-state index contributed by atoms with van der Waals surface area (Å²) in [5, 5.41) is 1.02. The van der Waals surface area contributed by atoms with E-state index in [4.69, 9.17) is 23.2 Å². The molecule has 94 valence electrons. The highest BCUT2D eigenvalue weighted by Crippen LogP contribution is 2.30. The van der Waals surface area contributed by atoms with Crippen molar-refractivity contribution in [2.24, 2.45) is 11.3 Å². The van der Waals surface area contributed by atoms with Gasteiger partial charge < -0.3 is 0 Å². The van der Waals surface area contributed by atoms with E-state index in [1.807, 2.05) is 0 Å². The summed E-state index contributed by atoms with van der Waals surface area (Å²) < 4.78 is 0. The first-order chi connectivity index (χ1) is 7.71. The van der Waals surface area contributed by atoms with Crippen LogP contribution in [0, 0.1) is 11.3 Å². The number of ketones is 1. The summed E-state index contributed by atoms with van der Waals surface area (Å²) in [6.45, 7) is 8.47. The molecule has 1 aromatic carbocycles. The fourth-order valence-electron chi connectivity index (χ4n) is 1.41. The molecule has 0 fully saturated rings. The minimum absolute atomic E-state index is 0.0555. The van der Waals surface area contributed by atoms with E-state index < -0.39 is 0 Å². The van der Waals surface area contributed by atoms with E-state index in [2.05, 4.69) is 27.7 Å². The molecule has 0 aliphatic heterocycles. The maximum Gasteiger partial charge on any atom is 0.164 e. The molecule has 0 aromatic heterocycles. The number of halogens is 2. The van der Waals surface area contributed by atoms with Crippen LogP contribution in [0.2, 0.25) is 10.0 Å². The first-order valence-corrected chi connectivity index (χ1v) is 6.45. The van der Waals surface area contributed by atoms with Gasteiger partial charge in [-0.3, -0.25) is 4.79 Å². The molecule has 0 saturated heterocycles. The van der Waals surface area contributed by atoms with Crippen molar-refractivity contribution in [3.63, 3.8) is 0 Å². The van der Waals surface area contributed by atoms with Gasteiger partial charge in [-0.1, -0.05) is 50.9 Å². The van der Waals surface area contributed by atoms with E-state index in [0.717, 1.165) is 0 Å². The van der Waals surface area contributed by atoms with Crippen molar-refractivity contribution in [2.45, 2.75) is 34.1 Å². The van der Waals surface area contributed by atoms with Crippen LogP contribution in [0.5, 0.6) is 0 Å². The Morgan fingerprint density at radius 3 is 2.41 bits per heavy atom. The largest absolute Gasteiger partial charge is 0.294 e. The summed E-state index contributed by atoms with van der Waals surface area (Å²) in [5.74, 6) is 0.352. The molecule has 1 aromatic rings. The standard InChI is InChI=1S/C14H18Cl2O/c1-9(14(2,3)4)7-13(17)11-8-10(15)5-6-12(11)16/h5-6,8-9H,7H2,1-4H3. The number of rotatable bonds is 3. The van der Waals surface area contributed by atoms with Crippen LogP contribution in [-0.4, -0.2) is 5.78 Å². The minimum Gasteiger partial charge on any atom is -0.294 e. The van der Waals surface area contributed by atoms with E-state index in [1.165, 1.54) is 0 Å². The number of carbonyl (C=O) groups excluding carboxylic acids is 1. The zero-order chi connectivity index (χ0) is 13.2. The van der Waals surface area contributed by atoms with Gasteiger partial charge in [0.25, 0.3) is 0 Å². The lowest BCUT2D eigenvalue weighted by Gasteiger charge is -2.26. The van der Waals surface area contributed by atoms with Crippen molar-refractivity contribution >= 4 is 29.0 Å². The number of benzene rings is 1. The summed E-state index contributed by atoms with van der Waals surface area (Å²) in [6, 6.07) is 4.99. The van der Waals surface area contributed by atoms with E-state index in [1.54, 1.807) is 18.2 Å². The van der Waals surface area contributed by atoms with Crippen LogP contribution in [0.15, 0.2) is 18.2 Å². The Bertz CT molecular complexity index is 419. The molecule has 3 heteroatoms. The first kappa shape index (κ1) is 14.5. The van der Waals surface area contributed by atoms with Crippen LogP contribution in [0.4, 0.5) is 0 Å². The number of hydrogen-bond acceptors (Lipinski definition) is 1. The van der Waals surface area contributed by atoms with Gasteiger partial charge in [-0.15, -0.1) is 0 Å². The summed E-state index contributed by atoms with van der Waals surface area (Å²) in [5.41, 5.74) is 0.635. The van der Waals surface area contributed by atoms with Gasteiger partial charge >= 0.3 is 0 Å². The van der Waals surface area contributed by atoms with Gasteiger partial charge in [-0.05, 0) is 29.5 Å². The normalized spacial score (nSPS) is 13.5. The van der Waals surface area contributed by atoms with Gasteiger partial charge in [0.2, 0.25) is 0 Å². The van der Waals surface area contributed by atoms with Crippen molar-refractivity contribution in [1.29, 1.82) is 0 Å². The summed E-state index contributed by atoms with van der Waals surface area (Å²) in [6.07, 6.45) is 0.490. The van der Waals surface area contributed by atoms with Crippen molar-refractivity contribution in [1.82, 2.24) is 0 Å². The molecule has 0 N–H and O–H groups in total. The van der Waals surface area contributed by atoms with E-state index in [-0.39, 0.29) is 11.2 Å². The quantitative estimate of drug-likeness (QED) is 0.687. The maximum absolute atomic E-state index is 12.1. The Balaban J connectivity index is 2.87. The second-order valence-corrected chi connectivity index (χ2v) is 6.36. The SMILES string of the molecule is CC(CC(=O)c1cc(Cl)ccc1Cl)C(C)(C)C. The average molecular weight is 273 g/mol. The highest BCUT2D eigenvalue weighted by molar-refractivity contribution is 6.35. The molecule has 1 atom stereocenters. The zero-order valence-corrected chi connectivity index (χ0v) is 12.2. The highest BCUT2D eigenvalue weighted by Gasteiger charge is 2.24. The van der Waals surface area contributed by atoms with Crippen LogP contribution >= 0.6 is 23.2 Å². The van der Waals surface area contributed by atoms with Crippen molar-refractivity contribution in [2.75, 3.05) is 0 Å². The molecular weight excluding hydrogens is 255 g/mol. The Labute approximate surface area is 113 Å². The van der Waals surface area contributed by atoms with Crippen LogP contribution in [0.1, 0.15) is 44.5 Å². The second kappa shape index (κ2) is 5.41.